The number of carbonyl (C=O) groups is 1. The quantitative estimate of drug-likeness (QED) is 0.590. The van der Waals surface area contributed by atoms with E-state index in [4.69, 9.17) is 22.1 Å². The van der Waals surface area contributed by atoms with E-state index in [1.165, 1.54) is 0 Å². The van der Waals surface area contributed by atoms with Gasteiger partial charge in [0.2, 0.25) is 5.91 Å². The number of hydrogen-bond donors (Lipinski definition) is 2. The number of halogens is 1. The predicted octanol–water partition coefficient (Wildman–Crippen LogP) is 3.48. The second kappa shape index (κ2) is 9.28. The molecule has 3 aromatic rings. The van der Waals surface area contributed by atoms with Crippen LogP contribution in [0.4, 0.5) is 11.5 Å². The molecule has 0 aliphatic carbocycles. The molecule has 1 aromatic heterocycles. The number of benzene rings is 2. The Morgan fingerprint density at radius 3 is 2.75 bits per heavy atom. The highest BCUT2D eigenvalue weighted by Crippen LogP contribution is 2.34. The van der Waals surface area contributed by atoms with Gasteiger partial charge in [0.1, 0.15) is 5.75 Å². The van der Waals surface area contributed by atoms with E-state index in [-0.39, 0.29) is 11.8 Å². The van der Waals surface area contributed by atoms with Crippen molar-refractivity contribution >= 4 is 39.8 Å². The van der Waals surface area contributed by atoms with Gasteiger partial charge in [-0.2, -0.15) is 10.4 Å². The van der Waals surface area contributed by atoms with Gasteiger partial charge in [0, 0.05) is 42.0 Å². The van der Waals surface area contributed by atoms with Crippen molar-refractivity contribution in [3.63, 3.8) is 0 Å². The highest BCUT2D eigenvalue weighted by molar-refractivity contribution is 6.32. The minimum absolute atomic E-state index is 0.106. The van der Waals surface area contributed by atoms with E-state index in [1.807, 2.05) is 30.3 Å². The Morgan fingerprint density at radius 2 is 2.09 bits per heavy atom. The Balaban J connectivity index is 1.64. The smallest absolute Gasteiger partial charge is 0.220 e. The van der Waals surface area contributed by atoms with Gasteiger partial charge in [-0.15, -0.1) is 5.10 Å². The number of fused-ring (bicyclic) bond motifs is 1. The van der Waals surface area contributed by atoms with Crippen LogP contribution in [-0.2, 0) is 11.3 Å². The van der Waals surface area contributed by atoms with Crippen LogP contribution in [0.3, 0.4) is 0 Å². The Labute approximate surface area is 190 Å². The first kappa shape index (κ1) is 21.7. The maximum Gasteiger partial charge on any atom is 0.220 e. The van der Waals surface area contributed by atoms with Gasteiger partial charge in [-0.3, -0.25) is 4.79 Å². The summed E-state index contributed by atoms with van der Waals surface area (Å²) in [6, 6.07) is 11.5. The Bertz CT molecular complexity index is 1200. The number of piperidine rings is 1. The van der Waals surface area contributed by atoms with E-state index in [1.54, 1.807) is 13.3 Å². The van der Waals surface area contributed by atoms with E-state index in [2.05, 4.69) is 26.5 Å². The minimum Gasteiger partial charge on any atom is -0.495 e. The van der Waals surface area contributed by atoms with Crippen LogP contribution < -0.4 is 20.7 Å². The van der Waals surface area contributed by atoms with Crippen molar-refractivity contribution in [2.24, 2.45) is 11.7 Å². The molecule has 1 saturated heterocycles. The Kier molecular flexibility index (Phi) is 6.28. The first-order valence-corrected chi connectivity index (χ1v) is 10.7. The predicted molar refractivity (Wildman–Crippen MR) is 124 cm³/mol. The van der Waals surface area contributed by atoms with Crippen LogP contribution in [0.2, 0.25) is 5.02 Å². The van der Waals surface area contributed by atoms with Crippen molar-refractivity contribution in [1.29, 1.82) is 5.26 Å². The molecule has 2 aromatic carbocycles. The molecule has 0 bridgehead atoms. The number of methoxy groups -OCH3 is 1. The molecule has 9 heteroatoms. The fourth-order valence-corrected chi connectivity index (χ4v) is 4.32. The van der Waals surface area contributed by atoms with Gasteiger partial charge in [-0.05, 0) is 42.7 Å². The monoisotopic (exact) mass is 450 g/mol. The van der Waals surface area contributed by atoms with Gasteiger partial charge >= 0.3 is 0 Å². The van der Waals surface area contributed by atoms with Crippen LogP contribution in [0.5, 0.6) is 5.75 Å². The molecule has 1 fully saturated rings. The van der Waals surface area contributed by atoms with Crippen molar-refractivity contribution in [3.05, 3.63) is 52.7 Å². The number of nitriles is 1. The normalized spacial score (nSPS) is 14.2. The van der Waals surface area contributed by atoms with Crippen molar-refractivity contribution in [2.45, 2.75) is 19.4 Å². The highest BCUT2D eigenvalue weighted by atomic mass is 35.5. The highest BCUT2D eigenvalue weighted by Gasteiger charge is 2.25. The number of nitrogens with two attached hydrogens (primary N) is 1. The molecule has 8 nitrogen and oxygen atoms in total. The van der Waals surface area contributed by atoms with E-state index < -0.39 is 0 Å². The zero-order chi connectivity index (χ0) is 22.7. The van der Waals surface area contributed by atoms with Gasteiger partial charge in [-0.25, -0.2) is 0 Å². The number of anilines is 2. The van der Waals surface area contributed by atoms with Gasteiger partial charge in [0.05, 0.1) is 30.0 Å². The minimum atomic E-state index is -0.253. The number of rotatable bonds is 6. The summed E-state index contributed by atoms with van der Waals surface area (Å²) in [5.74, 6) is 0.838. The Hall–Kier alpha value is -3.57. The molecule has 0 saturated carbocycles. The summed E-state index contributed by atoms with van der Waals surface area (Å²) in [7, 11) is 1.57. The SMILES string of the molecule is COc1ccc(CNc2nncc3c(N4CCC(C(N)=O)CC4)cc(C#N)cc23)cc1Cl. The molecular formula is C23H23ClN6O2. The zero-order valence-corrected chi connectivity index (χ0v) is 18.4. The molecule has 0 spiro atoms. The Morgan fingerprint density at radius 1 is 1.31 bits per heavy atom. The summed E-state index contributed by atoms with van der Waals surface area (Å²) in [6.07, 6.45) is 3.09. The zero-order valence-electron chi connectivity index (χ0n) is 17.6. The van der Waals surface area contributed by atoms with Crippen molar-refractivity contribution in [3.8, 4) is 11.8 Å². The fraction of sp³-hybridized carbons (Fsp3) is 0.304. The third-order valence-electron chi connectivity index (χ3n) is 5.80. The van der Waals surface area contributed by atoms with Crippen molar-refractivity contribution in [1.82, 2.24) is 10.2 Å². The molecule has 2 heterocycles. The number of aromatic nitrogens is 2. The van der Waals surface area contributed by atoms with E-state index in [0.29, 0.717) is 54.6 Å². The van der Waals surface area contributed by atoms with Crippen molar-refractivity contribution in [2.75, 3.05) is 30.4 Å². The van der Waals surface area contributed by atoms with Crippen molar-refractivity contribution < 1.29 is 9.53 Å². The van der Waals surface area contributed by atoms with Crippen LogP contribution in [0, 0.1) is 17.2 Å². The standard InChI is InChI=1S/C23H23ClN6O2/c1-32-21-3-2-14(9-19(21)24)12-27-23-17-8-15(11-25)10-20(18(17)13-28-29-23)30-6-4-16(5-7-30)22(26)31/h2-3,8-10,13,16H,4-7,12H2,1H3,(H2,26,31)(H,27,29). The molecule has 1 aliphatic rings. The third kappa shape index (κ3) is 4.39. The second-order valence-electron chi connectivity index (χ2n) is 7.75. The number of amides is 1. The number of nitrogens with one attached hydrogen (secondary N) is 1. The van der Waals surface area contributed by atoms with Crippen LogP contribution in [-0.4, -0.2) is 36.3 Å². The maximum atomic E-state index is 11.5. The van der Waals surface area contributed by atoms with E-state index in [9.17, 15) is 10.1 Å². The fourth-order valence-electron chi connectivity index (χ4n) is 4.04. The molecule has 1 amide bonds. The summed E-state index contributed by atoms with van der Waals surface area (Å²) in [5.41, 5.74) is 7.87. The second-order valence-corrected chi connectivity index (χ2v) is 8.15. The van der Waals surface area contributed by atoms with Crippen LogP contribution >= 0.6 is 11.6 Å². The summed E-state index contributed by atoms with van der Waals surface area (Å²) in [6.45, 7) is 1.85. The molecule has 0 unspecified atom stereocenters. The third-order valence-corrected chi connectivity index (χ3v) is 6.10. The van der Waals surface area contributed by atoms with E-state index in [0.717, 1.165) is 22.0 Å². The lowest BCUT2D eigenvalue weighted by molar-refractivity contribution is -0.122. The van der Waals surface area contributed by atoms with Crippen LogP contribution in [0.15, 0.2) is 36.5 Å². The number of primary amides is 1. The summed E-state index contributed by atoms with van der Waals surface area (Å²) in [5, 5.41) is 23.6. The van der Waals surface area contributed by atoms with Gasteiger partial charge in [0.25, 0.3) is 0 Å². The molecule has 0 atom stereocenters. The van der Waals surface area contributed by atoms with Crippen LogP contribution in [0.25, 0.3) is 10.8 Å². The number of hydrogen-bond acceptors (Lipinski definition) is 7. The summed E-state index contributed by atoms with van der Waals surface area (Å²) in [4.78, 5) is 13.7. The van der Waals surface area contributed by atoms with Gasteiger partial charge < -0.3 is 20.7 Å². The first-order valence-electron chi connectivity index (χ1n) is 10.3. The maximum absolute atomic E-state index is 11.5. The number of nitrogens with zero attached hydrogens (tertiary/aromatic N) is 4. The largest absolute Gasteiger partial charge is 0.495 e. The first-order chi connectivity index (χ1) is 15.5. The van der Waals surface area contributed by atoms with Gasteiger partial charge in [0.15, 0.2) is 5.82 Å². The van der Waals surface area contributed by atoms with Crippen LogP contribution in [0.1, 0.15) is 24.0 Å². The van der Waals surface area contributed by atoms with E-state index >= 15 is 0 Å². The van der Waals surface area contributed by atoms with Gasteiger partial charge in [-0.1, -0.05) is 17.7 Å². The molecule has 164 valence electrons. The molecule has 0 radical (unpaired) electrons. The number of carbonyl (C=O) groups excluding carboxylic acids is 1. The lowest BCUT2D eigenvalue weighted by Gasteiger charge is -2.33. The molecule has 1 aliphatic heterocycles. The molecular weight excluding hydrogens is 428 g/mol. The summed E-state index contributed by atoms with van der Waals surface area (Å²) >= 11 is 6.23. The lowest BCUT2D eigenvalue weighted by Crippen LogP contribution is -2.38. The lowest BCUT2D eigenvalue weighted by atomic mass is 9.95. The topological polar surface area (TPSA) is 117 Å². The average molecular weight is 451 g/mol. The molecule has 32 heavy (non-hydrogen) atoms. The molecule has 4 rings (SSSR count). The average Bonchev–Trinajstić information content (AvgIpc) is 2.82. The summed E-state index contributed by atoms with van der Waals surface area (Å²) < 4.78 is 5.20. The molecule has 3 N–H and O–H groups in total. The number of ether oxygens (including phenoxy) is 1.